The summed E-state index contributed by atoms with van der Waals surface area (Å²) in [6.07, 6.45) is 0.331. The summed E-state index contributed by atoms with van der Waals surface area (Å²) in [5.74, 6) is -1.38. The summed E-state index contributed by atoms with van der Waals surface area (Å²) in [6.45, 7) is 3.29. The lowest BCUT2D eigenvalue weighted by molar-refractivity contribution is -0.141. The van der Waals surface area contributed by atoms with Crippen molar-refractivity contribution >= 4 is 16.0 Å². The number of carbonyl (C=O) groups is 1. The molecule has 1 aliphatic rings. The number of sulfonamides is 1. The highest BCUT2D eigenvalue weighted by Crippen LogP contribution is 2.28. The first-order valence-corrected chi connectivity index (χ1v) is 6.94. The van der Waals surface area contributed by atoms with Crippen molar-refractivity contribution in [2.75, 3.05) is 13.1 Å². The summed E-state index contributed by atoms with van der Waals surface area (Å²) in [7, 11) is -3.71. The van der Waals surface area contributed by atoms with Gasteiger partial charge in [0.05, 0.1) is 5.92 Å². The van der Waals surface area contributed by atoms with Gasteiger partial charge in [0, 0.05) is 13.1 Å². The van der Waals surface area contributed by atoms with E-state index in [4.69, 9.17) is 9.63 Å². The number of aromatic nitrogens is 1. The first kappa shape index (κ1) is 13.0. The Bertz CT molecular complexity index is 558. The molecule has 7 nitrogen and oxygen atoms in total. The number of aryl methyl sites for hydroxylation is 2. The zero-order valence-electron chi connectivity index (χ0n) is 10.1. The Morgan fingerprint density at radius 1 is 1.50 bits per heavy atom. The third kappa shape index (κ3) is 2.01. The standard InChI is InChI=1S/C10H14N2O5S/c1-6-9(7(2)17-11-6)18(15,16)12-4-3-8(5-12)10(13)14/h8H,3-5H2,1-2H3,(H,13,14). The minimum Gasteiger partial charge on any atom is -0.481 e. The number of hydrogen-bond donors (Lipinski definition) is 1. The summed E-state index contributed by atoms with van der Waals surface area (Å²) < 4.78 is 30.7. The second-order valence-electron chi connectivity index (χ2n) is 4.34. The van der Waals surface area contributed by atoms with Crippen molar-refractivity contribution in [3.63, 3.8) is 0 Å². The molecular formula is C10H14N2O5S. The van der Waals surface area contributed by atoms with Gasteiger partial charge in [0.15, 0.2) is 5.76 Å². The largest absolute Gasteiger partial charge is 0.481 e. The van der Waals surface area contributed by atoms with Gasteiger partial charge in [-0.05, 0) is 20.3 Å². The fraction of sp³-hybridized carbons (Fsp3) is 0.600. The SMILES string of the molecule is Cc1noc(C)c1S(=O)(=O)N1CCC(C(=O)O)C1. The highest BCUT2D eigenvalue weighted by atomic mass is 32.2. The Hall–Kier alpha value is -1.41. The number of nitrogens with zero attached hydrogens (tertiary/aromatic N) is 2. The van der Waals surface area contributed by atoms with Gasteiger partial charge in [0.1, 0.15) is 10.6 Å². The molecule has 2 rings (SSSR count). The smallest absolute Gasteiger partial charge is 0.307 e. The second kappa shape index (κ2) is 4.36. The molecule has 1 aliphatic heterocycles. The van der Waals surface area contributed by atoms with E-state index >= 15 is 0 Å². The maximum Gasteiger partial charge on any atom is 0.307 e. The molecule has 0 amide bonds. The Morgan fingerprint density at radius 3 is 2.61 bits per heavy atom. The molecular weight excluding hydrogens is 260 g/mol. The van der Waals surface area contributed by atoms with Gasteiger partial charge in [-0.1, -0.05) is 5.16 Å². The molecule has 1 fully saturated rings. The Morgan fingerprint density at radius 2 is 2.17 bits per heavy atom. The van der Waals surface area contributed by atoms with Crippen molar-refractivity contribution in [1.29, 1.82) is 0 Å². The van der Waals surface area contributed by atoms with E-state index in [0.717, 1.165) is 0 Å². The van der Waals surface area contributed by atoms with E-state index in [1.165, 1.54) is 11.2 Å². The zero-order chi connectivity index (χ0) is 13.5. The summed E-state index contributed by atoms with van der Waals surface area (Å²) in [5.41, 5.74) is 0.297. The normalized spacial score (nSPS) is 21.3. The molecule has 2 heterocycles. The van der Waals surface area contributed by atoms with Crippen LogP contribution in [0.15, 0.2) is 9.42 Å². The monoisotopic (exact) mass is 274 g/mol. The van der Waals surface area contributed by atoms with Crippen LogP contribution in [0.4, 0.5) is 0 Å². The van der Waals surface area contributed by atoms with Gasteiger partial charge < -0.3 is 9.63 Å². The highest BCUT2D eigenvalue weighted by molar-refractivity contribution is 7.89. The van der Waals surface area contributed by atoms with Crippen LogP contribution < -0.4 is 0 Å². The molecule has 1 unspecified atom stereocenters. The highest BCUT2D eigenvalue weighted by Gasteiger charge is 2.38. The van der Waals surface area contributed by atoms with Crippen LogP contribution in [0.1, 0.15) is 17.9 Å². The van der Waals surface area contributed by atoms with E-state index in [0.29, 0.717) is 12.1 Å². The molecule has 8 heteroatoms. The van der Waals surface area contributed by atoms with E-state index in [1.807, 2.05) is 0 Å². The molecule has 1 atom stereocenters. The second-order valence-corrected chi connectivity index (χ2v) is 6.21. The van der Waals surface area contributed by atoms with Crippen LogP contribution in [-0.2, 0) is 14.8 Å². The lowest BCUT2D eigenvalue weighted by Crippen LogP contribution is -2.30. The molecule has 0 radical (unpaired) electrons. The predicted molar refractivity (Wildman–Crippen MR) is 60.5 cm³/mol. The van der Waals surface area contributed by atoms with Gasteiger partial charge in [-0.3, -0.25) is 4.79 Å². The molecule has 18 heavy (non-hydrogen) atoms. The maximum atomic E-state index is 12.3. The molecule has 1 aromatic heterocycles. The van der Waals surface area contributed by atoms with Crippen molar-refractivity contribution in [2.45, 2.75) is 25.2 Å². The van der Waals surface area contributed by atoms with Crippen molar-refractivity contribution in [1.82, 2.24) is 9.46 Å². The van der Waals surface area contributed by atoms with Crippen LogP contribution >= 0.6 is 0 Å². The first-order chi connectivity index (χ1) is 8.34. The predicted octanol–water partition coefficient (Wildman–Crippen LogP) is 0.387. The average molecular weight is 274 g/mol. The van der Waals surface area contributed by atoms with E-state index in [9.17, 15) is 13.2 Å². The summed E-state index contributed by atoms with van der Waals surface area (Å²) in [4.78, 5) is 10.9. The fourth-order valence-corrected chi connectivity index (χ4v) is 3.91. The van der Waals surface area contributed by atoms with Gasteiger partial charge in [-0.25, -0.2) is 8.42 Å². The summed E-state index contributed by atoms with van der Waals surface area (Å²) in [5, 5.41) is 12.5. The van der Waals surface area contributed by atoms with Crippen LogP contribution in [0.3, 0.4) is 0 Å². The van der Waals surface area contributed by atoms with Gasteiger partial charge in [0.2, 0.25) is 10.0 Å². The maximum absolute atomic E-state index is 12.3. The van der Waals surface area contributed by atoms with Gasteiger partial charge >= 0.3 is 5.97 Å². The minimum atomic E-state index is -3.71. The molecule has 0 bridgehead atoms. The van der Waals surface area contributed by atoms with Crippen LogP contribution in [0.2, 0.25) is 0 Å². The number of hydrogen-bond acceptors (Lipinski definition) is 5. The minimum absolute atomic E-state index is 0.00171. The van der Waals surface area contributed by atoms with Gasteiger partial charge in [0.25, 0.3) is 0 Å². The van der Waals surface area contributed by atoms with Crippen LogP contribution in [0, 0.1) is 19.8 Å². The number of carboxylic acid groups (broad SMARTS) is 1. The van der Waals surface area contributed by atoms with Gasteiger partial charge in [-0.2, -0.15) is 4.31 Å². The van der Waals surface area contributed by atoms with Crippen molar-refractivity contribution in [3.05, 3.63) is 11.5 Å². The van der Waals surface area contributed by atoms with Crippen molar-refractivity contribution in [3.8, 4) is 0 Å². The first-order valence-electron chi connectivity index (χ1n) is 5.50. The molecule has 0 aliphatic carbocycles. The third-order valence-corrected chi connectivity index (χ3v) is 5.18. The van der Waals surface area contributed by atoms with Crippen LogP contribution in [0.25, 0.3) is 0 Å². The molecule has 0 saturated carbocycles. The Kier molecular flexibility index (Phi) is 3.16. The quantitative estimate of drug-likeness (QED) is 0.855. The molecule has 100 valence electrons. The molecule has 1 N–H and O–H groups in total. The van der Waals surface area contributed by atoms with Crippen LogP contribution in [-0.4, -0.2) is 42.0 Å². The number of rotatable bonds is 3. The van der Waals surface area contributed by atoms with E-state index in [-0.39, 0.29) is 23.7 Å². The van der Waals surface area contributed by atoms with E-state index in [2.05, 4.69) is 5.16 Å². The molecule has 1 aromatic rings. The average Bonchev–Trinajstić information content (AvgIpc) is 2.85. The summed E-state index contributed by atoms with van der Waals surface area (Å²) >= 11 is 0. The fourth-order valence-electron chi connectivity index (χ4n) is 2.12. The molecule has 0 aromatic carbocycles. The zero-order valence-corrected chi connectivity index (χ0v) is 10.9. The topological polar surface area (TPSA) is 101 Å². The summed E-state index contributed by atoms with van der Waals surface area (Å²) in [6, 6.07) is 0. The Balaban J connectivity index is 2.32. The lowest BCUT2D eigenvalue weighted by Gasteiger charge is -2.15. The van der Waals surface area contributed by atoms with Crippen molar-refractivity contribution < 1.29 is 22.8 Å². The molecule has 1 saturated heterocycles. The molecule has 0 spiro atoms. The van der Waals surface area contributed by atoms with E-state index in [1.54, 1.807) is 6.92 Å². The van der Waals surface area contributed by atoms with Crippen molar-refractivity contribution in [2.24, 2.45) is 5.92 Å². The van der Waals surface area contributed by atoms with Gasteiger partial charge in [-0.15, -0.1) is 0 Å². The van der Waals surface area contributed by atoms with E-state index < -0.39 is 21.9 Å². The Labute approximate surface area is 104 Å². The lowest BCUT2D eigenvalue weighted by atomic mass is 10.1. The van der Waals surface area contributed by atoms with Crippen LogP contribution in [0.5, 0.6) is 0 Å². The number of carboxylic acids is 1. The third-order valence-electron chi connectivity index (χ3n) is 3.07. The number of aliphatic carboxylic acids is 1.